The Labute approximate surface area is 74.6 Å². The third-order valence-electron chi connectivity index (χ3n) is 2.28. The van der Waals surface area contributed by atoms with Gasteiger partial charge in [-0.05, 0) is 24.6 Å². The lowest BCUT2D eigenvalue weighted by molar-refractivity contribution is 0.617. The van der Waals surface area contributed by atoms with Gasteiger partial charge in [-0.15, -0.1) is 0 Å². The van der Waals surface area contributed by atoms with Crippen LogP contribution in [0.4, 0.5) is 0 Å². The van der Waals surface area contributed by atoms with E-state index in [1.54, 1.807) is 6.26 Å². The third-order valence-corrected chi connectivity index (χ3v) is 2.28. The second-order valence-electron chi connectivity index (χ2n) is 3.14. The molecule has 64 valence electrons. The molecule has 0 bridgehead atoms. The predicted octanol–water partition coefficient (Wildman–Crippen LogP) is 2.39. The second-order valence-corrected chi connectivity index (χ2v) is 3.14. The Bertz CT molecular complexity index is 577. The van der Waals surface area contributed by atoms with E-state index in [1.165, 1.54) is 0 Å². The summed E-state index contributed by atoms with van der Waals surface area (Å²) < 4.78 is 7.24. The molecule has 13 heavy (non-hydrogen) atoms. The lowest BCUT2D eigenvalue weighted by atomic mass is 10.2. The number of nitrogens with zero attached hydrogens (tertiary/aromatic N) is 2. The van der Waals surface area contributed by atoms with Gasteiger partial charge in [0.05, 0.1) is 12.5 Å². The molecule has 3 nitrogen and oxygen atoms in total. The maximum Gasteiger partial charge on any atom is 0.159 e. The smallest absolute Gasteiger partial charge is 0.159 e. The lowest BCUT2D eigenvalue weighted by Gasteiger charge is -1.94. The Kier molecular flexibility index (Phi) is 1.10. The van der Waals surface area contributed by atoms with Gasteiger partial charge in [-0.3, -0.25) is 0 Å². The molecule has 0 amide bonds. The van der Waals surface area contributed by atoms with Crippen LogP contribution in [0.5, 0.6) is 0 Å². The van der Waals surface area contributed by atoms with E-state index in [-0.39, 0.29) is 0 Å². The first-order valence-corrected chi connectivity index (χ1v) is 4.16. The molecule has 0 aliphatic carbocycles. The molecular formula is C10H8N2O. The van der Waals surface area contributed by atoms with Crippen molar-refractivity contribution in [1.82, 2.24) is 9.61 Å². The summed E-state index contributed by atoms with van der Waals surface area (Å²) in [5, 5.41) is 5.33. The number of hydrogen-bond donors (Lipinski definition) is 0. The normalized spacial score (nSPS) is 11.5. The Morgan fingerprint density at radius 1 is 1.38 bits per heavy atom. The second kappa shape index (κ2) is 2.13. The monoisotopic (exact) mass is 172 g/mol. The molecule has 0 spiro atoms. The SMILES string of the molecule is Cc1cnn2ccc3ccoc3c12. The van der Waals surface area contributed by atoms with Gasteiger partial charge in [-0.1, -0.05) is 0 Å². The largest absolute Gasteiger partial charge is 0.462 e. The zero-order chi connectivity index (χ0) is 8.84. The molecule has 3 heteroatoms. The molecule has 0 unspecified atom stereocenters. The molecule has 0 aromatic carbocycles. The standard InChI is InChI=1S/C10H8N2O/c1-7-6-11-12-4-2-8-3-5-13-10(8)9(7)12/h2-6H,1H3. The highest BCUT2D eigenvalue weighted by Gasteiger charge is 2.06. The summed E-state index contributed by atoms with van der Waals surface area (Å²) in [5.41, 5.74) is 3.11. The Morgan fingerprint density at radius 2 is 2.31 bits per heavy atom. The fourth-order valence-electron chi connectivity index (χ4n) is 1.64. The summed E-state index contributed by atoms with van der Waals surface area (Å²) in [6.45, 7) is 2.03. The summed E-state index contributed by atoms with van der Waals surface area (Å²) >= 11 is 0. The molecule has 3 aromatic rings. The van der Waals surface area contributed by atoms with Gasteiger partial charge < -0.3 is 4.42 Å². The van der Waals surface area contributed by atoms with Gasteiger partial charge in [-0.2, -0.15) is 5.10 Å². The molecule has 3 aromatic heterocycles. The zero-order valence-electron chi connectivity index (χ0n) is 7.19. The van der Waals surface area contributed by atoms with Crippen LogP contribution < -0.4 is 0 Å². The van der Waals surface area contributed by atoms with Crippen molar-refractivity contribution in [2.75, 3.05) is 0 Å². The minimum atomic E-state index is 0.914. The minimum Gasteiger partial charge on any atom is -0.462 e. The quantitative estimate of drug-likeness (QED) is 0.521. The van der Waals surface area contributed by atoms with E-state index in [4.69, 9.17) is 4.42 Å². The van der Waals surface area contributed by atoms with Gasteiger partial charge in [0.1, 0.15) is 5.52 Å². The first-order chi connectivity index (χ1) is 6.36. The van der Waals surface area contributed by atoms with Crippen LogP contribution >= 0.6 is 0 Å². The van der Waals surface area contributed by atoms with Crippen LogP contribution in [0.25, 0.3) is 16.5 Å². The van der Waals surface area contributed by atoms with Crippen LogP contribution in [0, 0.1) is 6.92 Å². The lowest BCUT2D eigenvalue weighted by Crippen LogP contribution is -1.84. The van der Waals surface area contributed by atoms with E-state index in [0.29, 0.717) is 0 Å². The number of pyridine rings is 1. The fourth-order valence-corrected chi connectivity index (χ4v) is 1.64. The van der Waals surface area contributed by atoms with Crippen molar-refractivity contribution < 1.29 is 4.42 Å². The van der Waals surface area contributed by atoms with Crippen molar-refractivity contribution in [3.8, 4) is 0 Å². The van der Waals surface area contributed by atoms with Gasteiger partial charge in [0, 0.05) is 11.6 Å². The molecule has 0 aliphatic heterocycles. The number of aromatic nitrogens is 2. The molecule has 0 aliphatic rings. The Hall–Kier alpha value is -1.77. The molecule has 3 rings (SSSR count). The summed E-state index contributed by atoms with van der Waals surface area (Å²) in [5.74, 6) is 0. The highest BCUT2D eigenvalue weighted by molar-refractivity contribution is 5.92. The van der Waals surface area contributed by atoms with Crippen molar-refractivity contribution in [3.05, 3.63) is 36.4 Å². The van der Waals surface area contributed by atoms with Crippen LogP contribution in [0.15, 0.2) is 35.2 Å². The maximum atomic E-state index is 5.41. The van der Waals surface area contributed by atoms with Crippen LogP contribution in [-0.4, -0.2) is 9.61 Å². The van der Waals surface area contributed by atoms with E-state index in [9.17, 15) is 0 Å². The van der Waals surface area contributed by atoms with Crippen LogP contribution in [-0.2, 0) is 0 Å². The summed E-state index contributed by atoms with van der Waals surface area (Å²) in [6, 6.07) is 3.96. The first kappa shape index (κ1) is 6.71. The van der Waals surface area contributed by atoms with E-state index >= 15 is 0 Å². The molecule has 0 atom stereocenters. The maximum absolute atomic E-state index is 5.41. The van der Waals surface area contributed by atoms with Gasteiger partial charge in [-0.25, -0.2) is 4.52 Å². The van der Waals surface area contributed by atoms with Crippen molar-refractivity contribution in [2.24, 2.45) is 0 Å². The van der Waals surface area contributed by atoms with E-state index in [0.717, 1.165) is 22.0 Å². The average molecular weight is 172 g/mol. The molecule has 0 N–H and O–H groups in total. The summed E-state index contributed by atoms with van der Waals surface area (Å²) in [7, 11) is 0. The molecule has 0 saturated heterocycles. The van der Waals surface area contributed by atoms with Gasteiger partial charge in [0.15, 0.2) is 5.58 Å². The Morgan fingerprint density at radius 3 is 3.23 bits per heavy atom. The van der Waals surface area contributed by atoms with Crippen LogP contribution in [0.1, 0.15) is 5.56 Å². The highest BCUT2D eigenvalue weighted by atomic mass is 16.3. The summed E-state index contributed by atoms with van der Waals surface area (Å²) in [6.07, 6.45) is 5.49. The molecule has 0 radical (unpaired) electrons. The highest BCUT2D eigenvalue weighted by Crippen LogP contribution is 2.22. The summed E-state index contributed by atoms with van der Waals surface area (Å²) in [4.78, 5) is 0. The van der Waals surface area contributed by atoms with Crippen LogP contribution in [0.3, 0.4) is 0 Å². The van der Waals surface area contributed by atoms with Crippen molar-refractivity contribution in [1.29, 1.82) is 0 Å². The molecule has 3 heterocycles. The molecule has 0 saturated carbocycles. The predicted molar refractivity (Wildman–Crippen MR) is 49.7 cm³/mol. The van der Waals surface area contributed by atoms with Crippen molar-refractivity contribution in [3.63, 3.8) is 0 Å². The number of rotatable bonds is 0. The molecule has 0 fully saturated rings. The van der Waals surface area contributed by atoms with Crippen molar-refractivity contribution in [2.45, 2.75) is 6.92 Å². The topological polar surface area (TPSA) is 30.4 Å². The van der Waals surface area contributed by atoms with Crippen LogP contribution in [0.2, 0.25) is 0 Å². The van der Waals surface area contributed by atoms with E-state index in [1.807, 2.05) is 36.0 Å². The number of aryl methyl sites for hydroxylation is 1. The van der Waals surface area contributed by atoms with Gasteiger partial charge in [0.25, 0.3) is 0 Å². The first-order valence-electron chi connectivity index (χ1n) is 4.16. The van der Waals surface area contributed by atoms with Gasteiger partial charge in [0.2, 0.25) is 0 Å². The third kappa shape index (κ3) is 0.758. The van der Waals surface area contributed by atoms with Crippen molar-refractivity contribution >= 4 is 16.5 Å². The number of fused-ring (bicyclic) bond motifs is 3. The minimum absolute atomic E-state index is 0.914. The fraction of sp³-hybridized carbons (Fsp3) is 0.100. The van der Waals surface area contributed by atoms with Gasteiger partial charge >= 0.3 is 0 Å². The average Bonchev–Trinajstić information content (AvgIpc) is 2.70. The number of hydrogen-bond acceptors (Lipinski definition) is 2. The van der Waals surface area contributed by atoms with E-state index in [2.05, 4.69) is 5.10 Å². The molecular weight excluding hydrogens is 164 g/mol. The zero-order valence-corrected chi connectivity index (χ0v) is 7.19. The Balaban J connectivity index is 2.70. The van der Waals surface area contributed by atoms with E-state index < -0.39 is 0 Å². The number of furan rings is 1.